The molecule has 3 aromatic carbocycles. The third kappa shape index (κ3) is 3.25. The van der Waals surface area contributed by atoms with Crippen LogP contribution in [0.3, 0.4) is 0 Å². The molecule has 0 saturated heterocycles. The van der Waals surface area contributed by atoms with Crippen molar-refractivity contribution in [2.75, 3.05) is 0 Å². The van der Waals surface area contributed by atoms with Gasteiger partial charge in [0.15, 0.2) is 0 Å². The molecule has 0 radical (unpaired) electrons. The van der Waals surface area contributed by atoms with Crippen LogP contribution in [0, 0.1) is 0 Å². The number of benzene rings is 3. The second kappa shape index (κ2) is 6.92. The van der Waals surface area contributed by atoms with E-state index in [0.29, 0.717) is 12.1 Å². The van der Waals surface area contributed by atoms with E-state index in [2.05, 4.69) is 16.7 Å². The predicted octanol–water partition coefficient (Wildman–Crippen LogP) is 4.87. The lowest BCUT2D eigenvalue weighted by atomic mass is 9.98. The predicted molar refractivity (Wildman–Crippen MR) is 105 cm³/mol. The van der Waals surface area contributed by atoms with Crippen molar-refractivity contribution >= 4 is 23.2 Å². The monoisotopic (exact) mass is 355 g/mol. The lowest BCUT2D eigenvalue weighted by Gasteiger charge is -2.12. The Morgan fingerprint density at radius 3 is 2.48 bits per heavy atom. The van der Waals surface area contributed by atoms with Crippen LogP contribution in [0.15, 0.2) is 79.0 Å². The summed E-state index contributed by atoms with van der Waals surface area (Å²) in [6.45, 7) is 0.668. The molecule has 0 aliphatic carbocycles. The standard InChI is InChI=1S/C23H17NO3/c25-15-16-5-7-17(8-6-16)21-4-2-1-3-20(21)14-24-12-11-18-13-19(23(26)27)9-10-22(18)24/h1-13,15H,14H2,(H,26,27). The summed E-state index contributed by atoms with van der Waals surface area (Å²) >= 11 is 0. The summed E-state index contributed by atoms with van der Waals surface area (Å²) in [6.07, 6.45) is 2.82. The van der Waals surface area contributed by atoms with Gasteiger partial charge in [0.1, 0.15) is 6.29 Å². The molecule has 4 rings (SSSR count). The average Bonchev–Trinajstić information content (AvgIpc) is 3.10. The Morgan fingerprint density at radius 1 is 0.963 bits per heavy atom. The average molecular weight is 355 g/mol. The van der Waals surface area contributed by atoms with E-state index in [9.17, 15) is 9.59 Å². The fraction of sp³-hybridized carbons (Fsp3) is 0.0435. The molecule has 1 N–H and O–H groups in total. The van der Waals surface area contributed by atoms with Gasteiger partial charge in [0.05, 0.1) is 5.56 Å². The van der Waals surface area contributed by atoms with Crippen molar-refractivity contribution < 1.29 is 14.7 Å². The van der Waals surface area contributed by atoms with Crippen LogP contribution in [0.25, 0.3) is 22.0 Å². The van der Waals surface area contributed by atoms with E-state index in [1.165, 1.54) is 0 Å². The van der Waals surface area contributed by atoms with Gasteiger partial charge in [0.2, 0.25) is 0 Å². The normalized spacial score (nSPS) is 10.8. The van der Waals surface area contributed by atoms with E-state index < -0.39 is 5.97 Å². The van der Waals surface area contributed by atoms with Crippen molar-refractivity contribution in [1.82, 2.24) is 4.57 Å². The van der Waals surface area contributed by atoms with Gasteiger partial charge in [-0.05, 0) is 41.0 Å². The third-order valence-corrected chi connectivity index (χ3v) is 4.73. The topological polar surface area (TPSA) is 59.3 Å². The first-order chi connectivity index (χ1) is 13.2. The van der Waals surface area contributed by atoms with Crippen LogP contribution in [-0.4, -0.2) is 21.9 Å². The molecule has 0 spiro atoms. The molecule has 27 heavy (non-hydrogen) atoms. The Labute approximate surface area is 156 Å². The highest BCUT2D eigenvalue weighted by Gasteiger charge is 2.09. The maximum absolute atomic E-state index is 11.2. The van der Waals surface area contributed by atoms with E-state index >= 15 is 0 Å². The Morgan fingerprint density at radius 2 is 1.74 bits per heavy atom. The van der Waals surface area contributed by atoms with Crippen molar-refractivity contribution in [3.05, 3.63) is 95.7 Å². The van der Waals surface area contributed by atoms with Crippen LogP contribution in [0.2, 0.25) is 0 Å². The zero-order valence-electron chi connectivity index (χ0n) is 14.5. The highest BCUT2D eigenvalue weighted by Crippen LogP contribution is 2.26. The Bertz CT molecular complexity index is 1140. The van der Waals surface area contributed by atoms with Crippen LogP contribution >= 0.6 is 0 Å². The van der Waals surface area contributed by atoms with Gasteiger partial charge < -0.3 is 9.67 Å². The summed E-state index contributed by atoms with van der Waals surface area (Å²) in [5.41, 5.74) is 5.25. The number of hydrogen-bond acceptors (Lipinski definition) is 2. The number of nitrogens with zero attached hydrogens (tertiary/aromatic N) is 1. The first kappa shape index (κ1) is 16.8. The Hall–Kier alpha value is -3.66. The second-order valence-electron chi connectivity index (χ2n) is 6.42. The number of rotatable bonds is 5. The largest absolute Gasteiger partial charge is 0.478 e. The molecule has 1 aromatic heterocycles. The molecule has 4 nitrogen and oxygen atoms in total. The van der Waals surface area contributed by atoms with Crippen molar-refractivity contribution in [3.63, 3.8) is 0 Å². The van der Waals surface area contributed by atoms with E-state index in [0.717, 1.165) is 33.9 Å². The molecular formula is C23H17NO3. The van der Waals surface area contributed by atoms with Crippen molar-refractivity contribution in [3.8, 4) is 11.1 Å². The molecule has 1 heterocycles. The lowest BCUT2D eigenvalue weighted by Crippen LogP contribution is -2.01. The number of aromatic carboxylic acids is 1. The van der Waals surface area contributed by atoms with Gasteiger partial charge in [-0.2, -0.15) is 0 Å². The molecule has 0 atom stereocenters. The molecule has 0 bridgehead atoms. The zero-order chi connectivity index (χ0) is 18.8. The second-order valence-corrected chi connectivity index (χ2v) is 6.42. The minimum atomic E-state index is -0.922. The van der Waals surface area contributed by atoms with Gasteiger partial charge in [0, 0.05) is 29.2 Å². The van der Waals surface area contributed by atoms with Gasteiger partial charge in [-0.3, -0.25) is 4.79 Å². The number of carboxylic acid groups (broad SMARTS) is 1. The van der Waals surface area contributed by atoms with E-state index in [4.69, 9.17) is 5.11 Å². The van der Waals surface area contributed by atoms with Crippen LogP contribution in [0.4, 0.5) is 0 Å². The number of hydrogen-bond donors (Lipinski definition) is 1. The van der Waals surface area contributed by atoms with E-state index in [-0.39, 0.29) is 5.56 Å². The molecule has 0 aliphatic heterocycles. The quantitative estimate of drug-likeness (QED) is 0.520. The number of carbonyl (C=O) groups excluding carboxylic acids is 1. The maximum Gasteiger partial charge on any atom is 0.335 e. The lowest BCUT2D eigenvalue weighted by molar-refractivity contribution is 0.0697. The van der Waals surface area contributed by atoms with Crippen molar-refractivity contribution in [1.29, 1.82) is 0 Å². The number of carbonyl (C=O) groups is 2. The summed E-state index contributed by atoms with van der Waals surface area (Å²) in [4.78, 5) is 22.0. The minimum absolute atomic E-state index is 0.288. The third-order valence-electron chi connectivity index (χ3n) is 4.73. The molecule has 0 aliphatic rings. The van der Waals surface area contributed by atoms with Gasteiger partial charge in [0.25, 0.3) is 0 Å². The summed E-state index contributed by atoms with van der Waals surface area (Å²) in [5.74, 6) is -0.922. The number of fused-ring (bicyclic) bond motifs is 1. The fourth-order valence-electron chi connectivity index (χ4n) is 3.34. The Balaban J connectivity index is 1.72. The van der Waals surface area contributed by atoms with Gasteiger partial charge >= 0.3 is 5.97 Å². The van der Waals surface area contributed by atoms with E-state index in [1.807, 2.05) is 54.7 Å². The molecule has 0 fully saturated rings. The molecule has 0 unspecified atom stereocenters. The van der Waals surface area contributed by atoms with Crippen LogP contribution in [0.1, 0.15) is 26.3 Å². The van der Waals surface area contributed by atoms with Crippen molar-refractivity contribution in [2.45, 2.75) is 6.54 Å². The smallest absolute Gasteiger partial charge is 0.335 e. The number of carboxylic acids is 1. The fourth-order valence-corrected chi connectivity index (χ4v) is 3.34. The summed E-state index contributed by atoms with van der Waals surface area (Å²) in [6, 6.07) is 22.8. The summed E-state index contributed by atoms with van der Waals surface area (Å²) < 4.78 is 2.11. The molecule has 4 heteroatoms. The molecular weight excluding hydrogens is 338 g/mol. The van der Waals surface area contributed by atoms with Crippen molar-refractivity contribution in [2.24, 2.45) is 0 Å². The SMILES string of the molecule is O=Cc1ccc(-c2ccccc2Cn2ccc3cc(C(=O)O)ccc32)cc1. The summed E-state index contributed by atoms with van der Waals surface area (Å²) in [5, 5.41) is 10.1. The molecule has 0 saturated carbocycles. The van der Waals surface area contributed by atoms with Gasteiger partial charge in [-0.1, -0.05) is 48.5 Å². The van der Waals surface area contributed by atoms with Crippen LogP contribution < -0.4 is 0 Å². The highest BCUT2D eigenvalue weighted by atomic mass is 16.4. The number of aromatic nitrogens is 1. The first-order valence-electron chi connectivity index (χ1n) is 8.61. The van der Waals surface area contributed by atoms with Crippen LogP contribution in [0.5, 0.6) is 0 Å². The molecule has 132 valence electrons. The summed E-state index contributed by atoms with van der Waals surface area (Å²) in [7, 11) is 0. The maximum atomic E-state index is 11.2. The zero-order valence-corrected chi connectivity index (χ0v) is 14.5. The highest BCUT2D eigenvalue weighted by molar-refractivity contribution is 5.93. The van der Waals surface area contributed by atoms with Gasteiger partial charge in [-0.15, -0.1) is 0 Å². The van der Waals surface area contributed by atoms with Gasteiger partial charge in [-0.25, -0.2) is 4.79 Å². The van der Waals surface area contributed by atoms with E-state index in [1.54, 1.807) is 12.1 Å². The molecule has 4 aromatic rings. The number of aldehydes is 1. The minimum Gasteiger partial charge on any atom is -0.478 e. The molecule has 0 amide bonds. The van der Waals surface area contributed by atoms with Crippen LogP contribution in [-0.2, 0) is 6.54 Å². The Kier molecular flexibility index (Phi) is 4.30. The first-order valence-corrected chi connectivity index (χ1v) is 8.61.